The van der Waals surface area contributed by atoms with Gasteiger partial charge in [-0.1, -0.05) is 6.92 Å². The van der Waals surface area contributed by atoms with Crippen LogP contribution in [0.5, 0.6) is 0 Å². The number of hydrogen-bond acceptors (Lipinski definition) is 5. The number of thiazole rings is 1. The summed E-state index contributed by atoms with van der Waals surface area (Å²) in [6.07, 6.45) is 4.40. The minimum atomic E-state index is 0.748. The molecule has 0 radical (unpaired) electrons. The highest BCUT2D eigenvalue weighted by molar-refractivity contribution is 7.13. The van der Waals surface area contributed by atoms with E-state index in [1.807, 2.05) is 0 Å². The maximum Gasteiger partial charge on any atom is 0.181 e. The maximum absolute atomic E-state index is 5.36. The molecule has 0 aliphatic heterocycles. The number of nitrogens with one attached hydrogen (secondary N) is 1. The van der Waals surface area contributed by atoms with E-state index in [0.717, 1.165) is 35.8 Å². The summed E-state index contributed by atoms with van der Waals surface area (Å²) >= 11 is 1.56. The predicted octanol–water partition coefficient (Wildman–Crippen LogP) is 2.30. The second kappa shape index (κ2) is 5.04. The highest BCUT2D eigenvalue weighted by Crippen LogP contribution is 2.25. The summed E-state index contributed by atoms with van der Waals surface area (Å²) in [6.45, 7) is 3.88. The molecule has 0 aliphatic carbocycles. The average molecular weight is 223 g/mol. The lowest BCUT2D eigenvalue weighted by molar-refractivity contribution is 0.570. The molecular weight excluding hydrogens is 210 g/mol. The van der Waals surface area contributed by atoms with E-state index in [1.165, 1.54) is 6.39 Å². The molecule has 15 heavy (non-hydrogen) atoms. The van der Waals surface area contributed by atoms with E-state index in [4.69, 9.17) is 4.42 Å². The van der Waals surface area contributed by atoms with Crippen molar-refractivity contribution < 1.29 is 4.42 Å². The normalized spacial score (nSPS) is 10.7. The minimum absolute atomic E-state index is 0.748. The Morgan fingerprint density at radius 1 is 1.53 bits per heavy atom. The summed E-state index contributed by atoms with van der Waals surface area (Å²) in [5.41, 5.74) is 2.74. The van der Waals surface area contributed by atoms with Crippen molar-refractivity contribution in [3.63, 3.8) is 0 Å². The lowest BCUT2D eigenvalue weighted by atomic mass is 10.3. The Morgan fingerprint density at radius 3 is 3.20 bits per heavy atom. The fourth-order valence-electron chi connectivity index (χ4n) is 1.31. The van der Waals surface area contributed by atoms with Crippen LogP contribution in [-0.4, -0.2) is 16.5 Å². The Hall–Kier alpha value is -1.20. The van der Waals surface area contributed by atoms with Crippen molar-refractivity contribution in [2.75, 3.05) is 6.54 Å². The van der Waals surface area contributed by atoms with Crippen LogP contribution in [0.1, 0.15) is 19.0 Å². The topological polar surface area (TPSA) is 51.0 Å². The Balaban J connectivity index is 2.09. The molecule has 0 bridgehead atoms. The van der Waals surface area contributed by atoms with Gasteiger partial charge < -0.3 is 9.73 Å². The molecule has 0 aromatic carbocycles. The van der Waals surface area contributed by atoms with Crippen LogP contribution in [0.15, 0.2) is 22.5 Å². The number of aromatic nitrogens is 2. The first-order chi connectivity index (χ1) is 7.42. The van der Waals surface area contributed by atoms with Gasteiger partial charge in [-0.25, -0.2) is 4.98 Å². The zero-order valence-electron chi connectivity index (χ0n) is 8.56. The summed E-state index contributed by atoms with van der Waals surface area (Å²) in [5, 5.41) is 3.30. The van der Waals surface area contributed by atoms with E-state index in [9.17, 15) is 0 Å². The van der Waals surface area contributed by atoms with Gasteiger partial charge in [-0.2, -0.15) is 0 Å². The van der Waals surface area contributed by atoms with Gasteiger partial charge in [0, 0.05) is 12.7 Å². The molecular formula is C10H13N3OS. The summed E-state index contributed by atoms with van der Waals surface area (Å²) < 4.78 is 5.36. The van der Waals surface area contributed by atoms with Crippen molar-refractivity contribution in [1.29, 1.82) is 0 Å². The van der Waals surface area contributed by atoms with Crippen LogP contribution in [-0.2, 0) is 6.54 Å². The quantitative estimate of drug-likeness (QED) is 0.790. The molecule has 1 N–H and O–H groups in total. The van der Waals surface area contributed by atoms with E-state index in [1.54, 1.807) is 23.0 Å². The fraction of sp³-hybridized carbons (Fsp3) is 0.400. The highest BCUT2D eigenvalue weighted by Gasteiger charge is 2.11. The molecule has 0 atom stereocenters. The number of oxazole rings is 1. The van der Waals surface area contributed by atoms with E-state index >= 15 is 0 Å². The van der Waals surface area contributed by atoms with Gasteiger partial charge in [-0.05, 0) is 13.0 Å². The molecule has 0 unspecified atom stereocenters. The van der Waals surface area contributed by atoms with Gasteiger partial charge in [0.2, 0.25) is 0 Å². The lowest BCUT2D eigenvalue weighted by Crippen LogP contribution is -2.14. The van der Waals surface area contributed by atoms with E-state index < -0.39 is 0 Å². The zero-order chi connectivity index (χ0) is 10.5. The smallest absolute Gasteiger partial charge is 0.181 e. The molecule has 4 nitrogen and oxygen atoms in total. The number of hydrogen-bond donors (Lipinski definition) is 1. The molecule has 0 amide bonds. The Bertz CT molecular complexity index is 396. The molecule has 2 aromatic heterocycles. The summed E-state index contributed by atoms with van der Waals surface area (Å²) in [7, 11) is 0. The average Bonchev–Trinajstić information content (AvgIpc) is 2.87. The van der Waals surface area contributed by atoms with Crippen molar-refractivity contribution in [2.45, 2.75) is 19.9 Å². The summed E-state index contributed by atoms with van der Waals surface area (Å²) in [6, 6.07) is 0. The molecule has 0 spiro atoms. The van der Waals surface area contributed by atoms with E-state index in [2.05, 4.69) is 22.2 Å². The van der Waals surface area contributed by atoms with Gasteiger partial charge in [-0.15, -0.1) is 11.3 Å². The summed E-state index contributed by atoms with van der Waals surface area (Å²) in [4.78, 5) is 9.25. The first kappa shape index (κ1) is 10.3. The predicted molar refractivity (Wildman–Crippen MR) is 59.6 cm³/mol. The van der Waals surface area contributed by atoms with E-state index in [0.29, 0.717) is 0 Å². The fourth-order valence-corrected chi connectivity index (χ4v) is 1.94. The molecule has 2 rings (SSSR count). The monoisotopic (exact) mass is 223 g/mol. The van der Waals surface area contributed by atoms with Crippen molar-refractivity contribution in [2.24, 2.45) is 0 Å². The van der Waals surface area contributed by atoms with Crippen LogP contribution in [0.4, 0.5) is 0 Å². The maximum atomic E-state index is 5.36. The molecule has 5 heteroatoms. The van der Waals surface area contributed by atoms with E-state index in [-0.39, 0.29) is 0 Å². The van der Waals surface area contributed by atoms with Gasteiger partial charge in [0.25, 0.3) is 0 Å². The van der Waals surface area contributed by atoms with Crippen LogP contribution < -0.4 is 5.32 Å². The first-order valence-corrected chi connectivity index (χ1v) is 5.81. The second-order valence-corrected chi connectivity index (χ2v) is 4.06. The van der Waals surface area contributed by atoms with Gasteiger partial charge in [0.15, 0.2) is 12.2 Å². The van der Waals surface area contributed by atoms with Gasteiger partial charge in [-0.3, -0.25) is 4.98 Å². The van der Waals surface area contributed by atoms with Crippen LogP contribution in [0.2, 0.25) is 0 Å². The Kier molecular flexibility index (Phi) is 3.47. The molecule has 2 aromatic rings. The third-order valence-electron chi connectivity index (χ3n) is 2.02. The van der Waals surface area contributed by atoms with Crippen molar-refractivity contribution in [1.82, 2.24) is 15.3 Å². The zero-order valence-corrected chi connectivity index (χ0v) is 9.38. The standard InChI is InChI=1S/C10H13N3OS/c1-2-3-11-4-8-10(14-6-13-8)9-5-12-7-15-9/h5-7,11H,2-4H2,1H3. The molecule has 0 saturated heterocycles. The van der Waals surface area contributed by atoms with Crippen LogP contribution in [0, 0.1) is 0 Å². The molecule has 0 saturated carbocycles. The number of rotatable bonds is 5. The Labute approximate surface area is 92.4 Å². The van der Waals surface area contributed by atoms with Crippen LogP contribution >= 0.6 is 11.3 Å². The molecule has 80 valence electrons. The van der Waals surface area contributed by atoms with Crippen LogP contribution in [0.25, 0.3) is 10.6 Å². The SMILES string of the molecule is CCCNCc1ncoc1-c1cncs1. The molecule has 2 heterocycles. The lowest BCUT2D eigenvalue weighted by Gasteiger charge is -2.00. The molecule has 0 aliphatic rings. The third kappa shape index (κ3) is 2.43. The van der Waals surface area contributed by atoms with Crippen molar-refractivity contribution in [3.8, 4) is 10.6 Å². The van der Waals surface area contributed by atoms with Gasteiger partial charge in [0.1, 0.15) is 5.69 Å². The minimum Gasteiger partial charge on any atom is -0.442 e. The van der Waals surface area contributed by atoms with Gasteiger partial charge in [0.05, 0.1) is 10.4 Å². The largest absolute Gasteiger partial charge is 0.442 e. The molecule has 0 fully saturated rings. The van der Waals surface area contributed by atoms with Crippen molar-refractivity contribution >= 4 is 11.3 Å². The second-order valence-electron chi connectivity index (χ2n) is 3.17. The highest BCUT2D eigenvalue weighted by atomic mass is 32.1. The van der Waals surface area contributed by atoms with Crippen molar-refractivity contribution in [3.05, 3.63) is 23.8 Å². The third-order valence-corrected chi connectivity index (χ3v) is 2.79. The van der Waals surface area contributed by atoms with Gasteiger partial charge >= 0.3 is 0 Å². The first-order valence-electron chi connectivity index (χ1n) is 4.93. The number of nitrogens with zero attached hydrogens (tertiary/aromatic N) is 2. The Morgan fingerprint density at radius 2 is 2.47 bits per heavy atom. The summed E-state index contributed by atoms with van der Waals surface area (Å²) in [5.74, 6) is 0.834. The van der Waals surface area contributed by atoms with Crippen LogP contribution in [0.3, 0.4) is 0 Å².